The van der Waals surface area contributed by atoms with Crippen LogP contribution in [-0.4, -0.2) is 38.9 Å². The van der Waals surface area contributed by atoms with Crippen molar-refractivity contribution in [3.8, 4) is 23.1 Å². The number of amides is 2. The molecule has 2 heterocycles. The highest BCUT2D eigenvalue weighted by Gasteiger charge is 2.26. The Bertz CT molecular complexity index is 1660. The van der Waals surface area contributed by atoms with Crippen LogP contribution in [0.3, 0.4) is 0 Å². The monoisotopic (exact) mass is 539 g/mol. The zero-order chi connectivity index (χ0) is 28.8. The molecule has 0 aliphatic rings. The molecule has 2 aromatic carbocycles. The van der Waals surface area contributed by atoms with Crippen molar-refractivity contribution in [1.29, 1.82) is 0 Å². The number of nitrogen functional groups attached to an aromatic ring is 1. The molecule has 9 nitrogen and oxygen atoms in total. The number of pyridine rings is 2. The zero-order valence-electron chi connectivity index (χ0n) is 21.7. The summed E-state index contributed by atoms with van der Waals surface area (Å²) in [7, 11) is 0. The molecular weight excluding hydrogens is 513 g/mol. The second-order valence-electron chi connectivity index (χ2n) is 9.12. The van der Waals surface area contributed by atoms with Gasteiger partial charge in [-0.15, -0.1) is 0 Å². The summed E-state index contributed by atoms with van der Waals surface area (Å²) in [5, 5.41) is 12.4. The van der Waals surface area contributed by atoms with Crippen molar-refractivity contribution < 1.29 is 23.9 Å². The molecule has 2 unspecified atom stereocenters. The fraction of sp³-hybridized carbons (Fsp3) is 0.167. The molecule has 5 N–H and O–H groups in total. The van der Waals surface area contributed by atoms with E-state index in [1.54, 1.807) is 55.7 Å². The predicted molar refractivity (Wildman–Crippen MR) is 147 cm³/mol. The Kier molecular flexibility index (Phi) is 8.47. The SMILES string of the molecule is CCC(C)C(NC(=O)c1ccc(C#Cc2ccc(-c3cc(C(=O)NN)c4cnccc4n3)cc2)c(F)c1)C(=O)O. The Morgan fingerprint density at radius 3 is 2.45 bits per heavy atom. The van der Waals surface area contributed by atoms with Crippen LogP contribution < -0.4 is 16.6 Å². The highest BCUT2D eigenvalue weighted by atomic mass is 19.1. The molecule has 10 heteroatoms. The van der Waals surface area contributed by atoms with Gasteiger partial charge in [0.05, 0.1) is 22.3 Å². The Morgan fingerprint density at radius 1 is 1.05 bits per heavy atom. The average molecular weight is 540 g/mol. The van der Waals surface area contributed by atoms with Crippen LogP contribution in [0.4, 0.5) is 4.39 Å². The van der Waals surface area contributed by atoms with E-state index in [1.807, 2.05) is 6.92 Å². The van der Waals surface area contributed by atoms with Crippen molar-refractivity contribution in [3.63, 3.8) is 0 Å². The molecule has 202 valence electrons. The summed E-state index contributed by atoms with van der Waals surface area (Å²) in [6.07, 6.45) is 3.69. The van der Waals surface area contributed by atoms with Crippen molar-refractivity contribution in [2.24, 2.45) is 11.8 Å². The lowest BCUT2D eigenvalue weighted by atomic mass is 9.99. The van der Waals surface area contributed by atoms with Gasteiger partial charge in [-0.3, -0.25) is 20.0 Å². The van der Waals surface area contributed by atoms with Crippen LogP contribution in [0, 0.1) is 23.6 Å². The van der Waals surface area contributed by atoms with Gasteiger partial charge in [0.25, 0.3) is 11.8 Å². The number of carbonyl (C=O) groups is 3. The summed E-state index contributed by atoms with van der Waals surface area (Å²) in [4.78, 5) is 44.9. The highest BCUT2D eigenvalue weighted by molar-refractivity contribution is 6.06. The quantitative estimate of drug-likeness (QED) is 0.121. The Balaban J connectivity index is 1.53. The van der Waals surface area contributed by atoms with Gasteiger partial charge in [0, 0.05) is 34.5 Å². The number of aromatic nitrogens is 2. The molecule has 0 saturated carbocycles. The first kappa shape index (κ1) is 27.9. The topological polar surface area (TPSA) is 147 Å². The fourth-order valence-corrected chi connectivity index (χ4v) is 4.01. The van der Waals surface area contributed by atoms with E-state index >= 15 is 0 Å². The first-order valence-corrected chi connectivity index (χ1v) is 12.4. The second kappa shape index (κ2) is 12.1. The third-order valence-corrected chi connectivity index (χ3v) is 6.50. The van der Waals surface area contributed by atoms with Gasteiger partial charge in [0.2, 0.25) is 0 Å². The van der Waals surface area contributed by atoms with Crippen LogP contribution in [0.15, 0.2) is 67.0 Å². The Labute approximate surface area is 229 Å². The van der Waals surface area contributed by atoms with E-state index in [-0.39, 0.29) is 17.0 Å². The molecule has 0 spiro atoms. The van der Waals surface area contributed by atoms with Crippen LogP contribution in [0.25, 0.3) is 22.2 Å². The lowest BCUT2D eigenvalue weighted by molar-refractivity contribution is -0.140. The summed E-state index contributed by atoms with van der Waals surface area (Å²) < 4.78 is 14.7. The number of carbonyl (C=O) groups excluding carboxylic acids is 2. The standard InChI is InChI=1S/C30H26FN5O4/c1-3-17(2)27(30(39)40)35-28(37)21-11-10-19(24(31)14-21)7-4-18-5-8-20(9-6-18)26-15-22(29(38)36-32)23-16-33-13-12-25(23)34-26/h5-6,8-17,27H,3,32H2,1-2H3,(H,35,37)(H,36,38)(H,39,40). The van der Waals surface area contributed by atoms with E-state index in [2.05, 4.69) is 32.6 Å². The van der Waals surface area contributed by atoms with E-state index in [0.717, 1.165) is 11.6 Å². The van der Waals surface area contributed by atoms with E-state index < -0.39 is 29.6 Å². The van der Waals surface area contributed by atoms with Crippen LogP contribution in [-0.2, 0) is 4.79 Å². The van der Waals surface area contributed by atoms with Crippen molar-refractivity contribution in [2.75, 3.05) is 0 Å². The minimum atomic E-state index is -1.15. The normalized spacial score (nSPS) is 12.1. The van der Waals surface area contributed by atoms with Crippen LogP contribution >= 0.6 is 0 Å². The summed E-state index contributed by atoms with van der Waals surface area (Å²) in [6.45, 7) is 3.54. The van der Waals surface area contributed by atoms with E-state index in [4.69, 9.17) is 5.84 Å². The van der Waals surface area contributed by atoms with Gasteiger partial charge in [-0.25, -0.2) is 20.0 Å². The molecule has 2 atom stereocenters. The van der Waals surface area contributed by atoms with Gasteiger partial charge in [-0.2, -0.15) is 0 Å². The van der Waals surface area contributed by atoms with E-state index in [9.17, 15) is 23.9 Å². The number of rotatable bonds is 7. The number of nitrogens with zero attached hydrogens (tertiary/aromatic N) is 2. The molecule has 2 amide bonds. The van der Waals surface area contributed by atoms with Crippen molar-refractivity contribution in [2.45, 2.75) is 26.3 Å². The first-order chi connectivity index (χ1) is 19.2. The Hall–Kier alpha value is -5.14. The third-order valence-electron chi connectivity index (χ3n) is 6.50. The molecule has 4 rings (SSSR count). The first-order valence-electron chi connectivity index (χ1n) is 12.4. The molecule has 40 heavy (non-hydrogen) atoms. The summed E-state index contributed by atoms with van der Waals surface area (Å²) >= 11 is 0. The van der Waals surface area contributed by atoms with Gasteiger partial charge in [0.15, 0.2) is 0 Å². The molecule has 0 saturated heterocycles. The number of benzene rings is 2. The molecule has 0 aliphatic heterocycles. The van der Waals surface area contributed by atoms with E-state index in [0.29, 0.717) is 34.1 Å². The second-order valence-corrected chi connectivity index (χ2v) is 9.12. The highest BCUT2D eigenvalue weighted by Crippen LogP contribution is 2.25. The molecule has 0 bridgehead atoms. The van der Waals surface area contributed by atoms with Crippen molar-refractivity contribution in [1.82, 2.24) is 20.7 Å². The number of hydrazine groups is 1. The van der Waals surface area contributed by atoms with Gasteiger partial charge in [0.1, 0.15) is 11.9 Å². The minimum Gasteiger partial charge on any atom is -0.480 e. The lowest BCUT2D eigenvalue weighted by Gasteiger charge is -2.20. The van der Waals surface area contributed by atoms with Crippen LogP contribution in [0.1, 0.15) is 52.1 Å². The number of halogens is 1. The zero-order valence-corrected chi connectivity index (χ0v) is 21.7. The maximum absolute atomic E-state index is 14.7. The van der Waals surface area contributed by atoms with Crippen LogP contribution in [0.5, 0.6) is 0 Å². The molecule has 0 fully saturated rings. The maximum Gasteiger partial charge on any atom is 0.326 e. The number of nitrogens with two attached hydrogens (primary N) is 1. The van der Waals surface area contributed by atoms with Gasteiger partial charge in [-0.05, 0) is 48.4 Å². The predicted octanol–water partition coefficient (Wildman–Crippen LogP) is 3.67. The van der Waals surface area contributed by atoms with Crippen molar-refractivity contribution >= 4 is 28.7 Å². The molecule has 0 radical (unpaired) electrons. The summed E-state index contributed by atoms with van der Waals surface area (Å²) in [5.74, 6) is 7.71. The number of carboxylic acid groups (broad SMARTS) is 1. The van der Waals surface area contributed by atoms with Crippen molar-refractivity contribution in [3.05, 3.63) is 95.1 Å². The molecule has 2 aromatic heterocycles. The van der Waals surface area contributed by atoms with Crippen LogP contribution in [0.2, 0.25) is 0 Å². The van der Waals surface area contributed by atoms with Gasteiger partial charge >= 0.3 is 5.97 Å². The number of aliphatic carboxylic acids is 1. The summed E-state index contributed by atoms with van der Waals surface area (Å²) in [6, 6.07) is 13.1. The van der Waals surface area contributed by atoms with Gasteiger partial charge < -0.3 is 10.4 Å². The minimum absolute atomic E-state index is 0.00306. The smallest absolute Gasteiger partial charge is 0.326 e. The number of hydrogen-bond donors (Lipinski definition) is 4. The number of nitrogens with one attached hydrogen (secondary N) is 2. The molecule has 4 aromatic rings. The number of carboxylic acids is 1. The average Bonchev–Trinajstić information content (AvgIpc) is 2.97. The maximum atomic E-state index is 14.7. The Morgan fingerprint density at radius 2 is 1.80 bits per heavy atom. The largest absolute Gasteiger partial charge is 0.480 e. The fourth-order valence-electron chi connectivity index (χ4n) is 4.01. The molecular formula is C30H26FN5O4. The third kappa shape index (κ3) is 6.11. The lowest BCUT2D eigenvalue weighted by Crippen LogP contribution is -2.45. The molecule has 0 aliphatic carbocycles. The van der Waals surface area contributed by atoms with Gasteiger partial charge in [-0.1, -0.05) is 44.2 Å². The van der Waals surface area contributed by atoms with E-state index in [1.165, 1.54) is 12.1 Å². The summed E-state index contributed by atoms with van der Waals surface area (Å²) in [5.41, 5.74) is 5.03. The number of hydrogen-bond acceptors (Lipinski definition) is 6. The number of fused-ring (bicyclic) bond motifs is 1.